The number of carbonyl (C=O) groups excluding carboxylic acids is 3. The molecule has 10 heteroatoms. The van der Waals surface area contributed by atoms with Crippen LogP contribution in [0, 0.1) is 0 Å². The van der Waals surface area contributed by atoms with Gasteiger partial charge in [-0.05, 0) is 42.5 Å². The van der Waals surface area contributed by atoms with Crippen molar-refractivity contribution in [2.24, 2.45) is 0 Å². The van der Waals surface area contributed by atoms with Crippen LogP contribution in [0.3, 0.4) is 0 Å². The van der Waals surface area contributed by atoms with Gasteiger partial charge in [0.25, 0.3) is 11.8 Å². The molecule has 0 saturated carbocycles. The minimum absolute atomic E-state index is 0.0769. The van der Waals surface area contributed by atoms with Gasteiger partial charge in [-0.1, -0.05) is 11.6 Å². The minimum atomic E-state index is -0.458. The number of hydrogen-bond acceptors (Lipinski definition) is 6. The molecule has 2 fully saturated rings. The summed E-state index contributed by atoms with van der Waals surface area (Å²) in [5.74, 6) is 0.299. The van der Waals surface area contributed by atoms with E-state index in [0.717, 1.165) is 16.3 Å². The fraction of sp³-hybridized carbons (Fsp3) is 0.318. The molecule has 0 aromatic heterocycles. The Bertz CT molecular complexity index is 1080. The van der Waals surface area contributed by atoms with Crippen LogP contribution in [-0.4, -0.2) is 62.1 Å². The number of fused-ring (bicyclic) bond motifs is 3. The van der Waals surface area contributed by atoms with Crippen LogP contribution < -0.4 is 15.1 Å². The predicted molar refractivity (Wildman–Crippen MR) is 121 cm³/mol. The van der Waals surface area contributed by atoms with Gasteiger partial charge >= 0.3 is 6.09 Å². The van der Waals surface area contributed by atoms with E-state index < -0.39 is 12.2 Å². The summed E-state index contributed by atoms with van der Waals surface area (Å²) < 4.78 is 10.8. The topological polar surface area (TPSA) is 88.2 Å². The zero-order valence-corrected chi connectivity index (χ0v) is 18.5. The second-order valence-electron chi connectivity index (χ2n) is 7.64. The van der Waals surface area contributed by atoms with Crippen LogP contribution in [0.5, 0.6) is 0 Å². The van der Waals surface area contributed by atoms with Gasteiger partial charge < -0.3 is 19.7 Å². The highest BCUT2D eigenvalue weighted by molar-refractivity contribution is 7.99. The Morgan fingerprint density at radius 3 is 2.78 bits per heavy atom. The number of rotatable bonds is 4. The Balaban J connectivity index is 1.29. The maximum Gasteiger partial charge on any atom is 0.415 e. The van der Waals surface area contributed by atoms with Gasteiger partial charge in [-0.25, -0.2) is 4.79 Å². The summed E-state index contributed by atoms with van der Waals surface area (Å²) in [6.07, 6.45) is -0.891. The number of morpholine rings is 1. The SMILES string of the molecule is O=C(NC[C@@H]1OC(=O)N2c3ccc(N4CCOCC4=O)cc3SC[C@@H]12)c1ccc(Cl)cc1. The van der Waals surface area contributed by atoms with E-state index in [1.54, 1.807) is 45.8 Å². The van der Waals surface area contributed by atoms with Gasteiger partial charge in [-0.2, -0.15) is 0 Å². The minimum Gasteiger partial charge on any atom is -0.442 e. The highest BCUT2D eigenvalue weighted by Crippen LogP contribution is 2.43. The van der Waals surface area contributed by atoms with E-state index >= 15 is 0 Å². The Labute approximate surface area is 193 Å². The van der Waals surface area contributed by atoms with Crippen LogP contribution in [0.25, 0.3) is 0 Å². The summed E-state index contributed by atoms with van der Waals surface area (Å²) in [5.41, 5.74) is 2.04. The summed E-state index contributed by atoms with van der Waals surface area (Å²) in [4.78, 5) is 41.5. The molecule has 8 nitrogen and oxygen atoms in total. The number of nitrogens with zero attached hydrogens (tertiary/aromatic N) is 2. The Hall–Kier alpha value is -2.75. The quantitative estimate of drug-likeness (QED) is 0.734. The Morgan fingerprint density at radius 1 is 1.19 bits per heavy atom. The standard InChI is InChI=1S/C22H20ClN3O5S/c23-14-3-1-13(2-4-14)21(28)24-10-18-17-12-32-19-9-15(25-7-8-30-11-20(25)27)5-6-16(19)26(17)22(29)31-18/h1-6,9,17-18H,7-8,10-12H2,(H,24,28)/t17-,18-/m0/s1. The molecule has 2 atom stereocenters. The zero-order valence-electron chi connectivity index (χ0n) is 17.0. The number of carbonyl (C=O) groups is 3. The molecule has 2 aromatic rings. The van der Waals surface area contributed by atoms with Crippen LogP contribution in [0.4, 0.5) is 16.2 Å². The average Bonchev–Trinajstić information content (AvgIpc) is 3.13. The largest absolute Gasteiger partial charge is 0.442 e. The average molecular weight is 474 g/mol. The zero-order chi connectivity index (χ0) is 22.2. The molecule has 0 unspecified atom stereocenters. The van der Waals surface area contributed by atoms with Crippen molar-refractivity contribution in [3.05, 3.63) is 53.1 Å². The molecule has 0 radical (unpaired) electrons. The van der Waals surface area contributed by atoms with E-state index in [4.69, 9.17) is 21.1 Å². The fourth-order valence-corrected chi connectivity index (χ4v) is 5.41. The summed E-state index contributed by atoms with van der Waals surface area (Å²) in [6.45, 7) is 1.30. The maximum atomic E-state index is 12.7. The molecule has 2 saturated heterocycles. The second-order valence-corrected chi connectivity index (χ2v) is 9.14. The van der Waals surface area contributed by atoms with Gasteiger partial charge in [0.15, 0.2) is 0 Å². The summed E-state index contributed by atoms with van der Waals surface area (Å²) in [7, 11) is 0. The number of thioether (sulfide) groups is 1. The molecule has 0 bridgehead atoms. The molecule has 3 heterocycles. The number of cyclic esters (lactones) is 1. The van der Waals surface area contributed by atoms with Crippen LogP contribution in [0.1, 0.15) is 10.4 Å². The lowest BCUT2D eigenvalue weighted by molar-refractivity contribution is -0.125. The van der Waals surface area contributed by atoms with E-state index in [1.807, 2.05) is 18.2 Å². The number of benzene rings is 2. The smallest absolute Gasteiger partial charge is 0.415 e. The van der Waals surface area contributed by atoms with Gasteiger partial charge in [0.05, 0.1) is 24.9 Å². The van der Waals surface area contributed by atoms with E-state index in [0.29, 0.717) is 29.5 Å². The summed E-state index contributed by atoms with van der Waals surface area (Å²) >= 11 is 7.48. The highest BCUT2D eigenvalue weighted by Gasteiger charge is 2.45. The first-order valence-corrected chi connectivity index (χ1v) is 11.6. The monoisotopic (exact) mass is 473 g/mol. The third kappa shape index (κ3) is 3.92. The molecule has 0 spiro atoms. The van der Waals surface area contributed by atoms with Crippen molar-refractivity contribution < 1.29 is 23.9 Å². The maximum absolute atomic E-state index is 12.7. The molecule has 32 heavy (non-hydrogen) atoms. The highest BCUT2D eigenvalue weighted by atomic mass is 35.5. The number of hydrogen-bond donors (Lipinski definition) is 1. The lowest BCUT2D eigenvalue weighted by Crippen LogP contribution is -2.45. The molecule has 3 aliphatic rings. The molecular weight excluding hydrogens is 454 g/mol. The summed E-state index contributed by atoms with van der Waals surface area (Å²) in [5, 5.41) is 3.40. The summed E-state index contributed by atoms with van der Waals surface area (Å²) in [6, 6.07) is 12.0. The molecule has 2 aromatic carbocycles. The predicted octanol–water partition coefficient (Wildman–Crippen LogP) is 2.93. The normalized spacial score (nSPS) is 22.3. The van der Waals surface area contributed by atoms with E-state index in [2.05, 4.69) is 5.32 Å². The lowest BCUT2D eigenvalue weighted by Gasteiger charge is -2.32. The van der Waals surface area contributed by atoms with Crippen LogP contribution in [0.15, 0.2) is 47.4 Å². The fourth-order valence-electron chi connectivity index (χ4n) is 4.05. The molecule has 5 rings (SSSR count). The van der Waals surface area contributed by atoms with Crippen LogP contribution in [-0.2, 0) is 14.3 Å². The van der Waals surface area contributed by atoms with Gasteiger partial charge in [-0.3, -0.25) is 14.5 Å². The van der Waals surface area contributed by atoms with Crippen LogP contribution in [0.2, 0.25) is 5.02 Å². The molecule has 0 aliphatic carbocycles. The van der Waals surface area contributed by atoms with Gasteiger partial charge in [0.1, 0.15) is 12.7 Å². The first kappa shape index (κ1) is 21.1. The third-order valence-corrected chi connectivity index (χ3v) is 7.09. The van der Waals surface area contributed by atoms with Gasteiger partial charge in [-0.15, -0.1) is 11.8 Å². The van der Waals surface area contributed by atoms with Crippen molar-refractivity contribution in [3.8, 4) is 0 Å². The Kier molecular flexibility index (Phi) is 5.71. The first-order valence-electron chi connectivity index (χ1n) is 10.2. The second kappa shape index (κ2) is 8.65. The number of anilines is 2. The van der Waals surface area contributed by atoms with Crippen molar-refractivity contribution in [2.75, 3.05) is 41.9 Å². The number of halogens is 1. The van der Waals surface area contributed by atoms with Crippen molar-refractivity contribution in [1.29, 1.82) is 0 Å². The van der Waals surface area contributed by atoms with Crippen molar-refractivity contribution >= 4 is 52.6 Å². The van der Waals surface area contributed by atoms with Gasteiger partial charge in [0, 0.05) is 33.5 Å². The third-order valence-electron chi connectivity index (χ3n) is 5.69. The molecule has 166 valence electrons. The van der Waals surface area contributed by atoms with Crippen molar-refractivity contribution in [2.45, 2.75) is 17.0 Å². The van der Waals surface area contributed by atoms with Crippen LogP contribution >= 0.6 is 23.4 Å². The number of ether oxygens (including phenoxy) is 2. The number of amides is 3. The van der Waals surface area contributed by atoms with Crippen molar-refractivity contribution in [1.82, 2.24) is 5.32 Å². The van der Waals surface area contributed by atoms with E-state index in [-0.39, 0.29) is 31.0 Å². The van der Waals surface area contributed by atoms with E-state index in [9.17, 15) is 14.4 Å². The molecule has 1 N–H and O–H groups in total. The Morgan fingerprint density at radius 2 is 2.00 bits per heavy atom. The molecule has 3 amide bonds. The first-order chi connectivity index (χ1) is 15.5. The number of nitrogens with one attached hydrogen (secondary N) is 1. The van der Waals surface area contributed by atoms with Gasteiger partial charge in [0.2, 0.25) is 0 Å². The van der Waals surface area contributed by atoms with Crippen molar-refractivity contribution in [3.63, 3.8) is 0 Å². The lowest BCUT2D eigenvalue weighted by atomic mass is 10.1. The molecular formula is C22H20ClN3O5S. The molecule has 3 aliphatic heterocycles. The van der Waals surface area contributed by atoms with E-state index in [1.165, 1.54) is 0 Å².